The number of ether oxygens (including phenoxy) is 1. The first-order chi connectivity index (χ1) is 11.1. The lowest BCUT2D eigenvalue weighted by Crippen LogP contribution is -2.49. The minimum atomic E-state index is -0.424. The third kappa shape index (κ3) is 4.13. The highest BCUT2D eigenvalue weighted by Gasteiger charge is 2.31. The molecule has 1 unspecified atom stereocenters. The first-order valence-electron chi connectivity index (χ1n) is 7.94. The lowest BCUT2D eigenvalue weighted by molar-refractivity contribution is -0.132. The number of carbonyl (C=O) groups excluding carboxylic acids is 1. The van der Waals surface area contributed by atoms with Crippen LogP contribution in [0.1, 0.15) is 6.42 Å². The van der Waals surface area contributed by atoms with E-state index in [2.05, 4.69) is 10.2 Å². The number of halogens is 2. The molecule has 7 heteroatoms. The normalized spacial score (nSPS) is 22.3. The zero-order chi connectivity index (χ0) is 16.2. The van der Waals surface area contributed by atoms with Crippen molar-refractivity contribution in [1.82, 2.24) is 15.1 Å². The summed E-state index contributed by atoms with van der Waals surface area (Å²) in [6, 6.07) is 4.33. The summed E-state index contributed by atoms with van der Waals surface area (Å²) in [4.78, 5) is 16.6. The Morgan fingerprint density at radius 1 is 1.35 bits per heavy atom. The molecule has 0 radical (unpaired) electrons. The average molecular weight is 342 g/mol. The van der Waals surface area contributed by atoms with E-state index in [0.29, 0.717) is 11.8 Å². The van der Waals surface area contributed by atoms with E-state index in [1.54, 1.807) is 0 Å². The highest BCUT2D eigenvalue weighted by atomic mass is 35.5. The van der Waals surface area contributed by atoms with Gasteiger partial charge in [-0.05, 0) is 24.6 Å². The van der Waals surface area contributed by atoms with Crippen molar-refractivity contribution in [3.05, 3.63) is 29.0 Å². The van der Waals surface area contributed by atoms with Gasteiger partial charge in [-0.1, -0.05) is 11.6 Å². The zero-order valence-corrected chi connectivity index (χ0v) is 13.7. The molecular weight excluding hydrogens is 321 g/mol. The Morgan fingerprint density at radius 3 is 2.87 bits per heavy atom. The van der Waals surface area contributed by atoms with Crippen LogP contribution in [0.2, 0.25) is 5.02 Å². The second-order valence-electron chi connectivity index (χ2n) is 5.93. The molecule has 2 saturated heterocycles. The second kappa shape index (κ2) is 7.47. The summed E-state index contributed by atoms with van der Waals surface area (Å²) in [5.41, 5.74) is 0. The molecule has 126 valence electrons. The molecule has 0 aliphatic carbocycles. The van der Waals surface area contributed by atoms with E-state index in [-0.39, 0.29) is 17.5 Å². The molecule has 1 aromatic carbocycles. The molecule has 23 heavy (non-hydrogen) atoms. The van der Waals surface area contributed by atoms with Crippen LogP contribution in [0.15, 0.2) is 18.2 Å². The topological polar surface area (TPSA) is 44.8 Å². The quantitative estimate of drug-likeness (QED) is 0.898. The molecule has 0 saturated carbocycles. The number of hydrogen-bond acceptors (Lipinski definition) is 4. The predicted molar refractivity (Wildman–Crippen MR) is 86.3 cm³/mol. The summed E-state index contributed by atoms with van der Waals surface area (Å²) in [5, 5.41) is 3.52. The average Bonchev–Trinajstić information content (AvgIpc) is 3.05. The van der Waals surface area contributed by atoms with Crippen LogP contribution in [0.3, 0.4) is 0 Å². The number of carbonyl (C=O) groups is 1. The molecule has 3 rings (SSSR count). The number of piperazine rings is 1. The van der Waals surface area contributed by atoms with E-state index >= 15 is 0 Å². The molecule has 2 fully saturated rings. The Bertz CT molecular complexity index is 566. The highest BCUT2D eigenvalue weighted by Crippen LogP contribution is 2.25. The van der Waals surface area contributed by atoms with E-state index in [0.717, 1.165) is 45.7 Å². The van der Waals surface area contributed by atoms with E-state index in [1.165, 1.54) is 18.2 Å². The Labute approximate surface area is 140 Å². The maximum absolute atomic E-state index is 13.0. The fourth-order valence-electron chi connectivity index (χ4n) is 3.14. The number of hydrogen-bond donors (Lipinski definition) is 1. The van der Waals surface area contributed by atoms with Crippen molar-refractivity contribution in [2.24, 2.45) is 0 Å². The molecule has 1 atom stereocenters. The predicted octanol–water partition coefficient (Wildman–Crippen LogP) is 1.36. The van der Waals surface area contributed by atoms with Gasteiger partial charge in [0.25, 0.3) is 5.91 Å². The van der Waals surface area contributed by atoms with Crippen molar-refractivity contribution in [2.75, 3.05) is 45.9 Å². The Kier molecular flexibility index (Phi) is 5.35. The molecule has 1 N–H and O–H groups in total. The van der Waals surface area contributed by atoms with Crippen molar-refractivity contribution >= 4 is 17.5 Å². The van der Waals surface area contributed by atoms with E-state index in [1.807, 2.05) is 4.90 Å². The van der Waals surface area contributed by atoms with Crippen molar-refractivity contribution in [3.63, 3.8) is 0 Å². The lowest BCUT2D eigenvalue weighted by Gasteiger charge is -2.32. The summed E-state index contributed by atoms with van der Waals surface area (Å²) >= 11 is 5.89. The smallest absolute Gasteiger partial charge is 0.260 e. The van der Waals surface area contributed by atoms with Crippen LogP contribution in [-0.2, 0) is 4.79 Å². The number of amides is 1. The van der Waals surface area contributed by atoms with Crippen LogP contribution in [-0.4, -0.2) is 67.6 Å². The van der Waals surface area contributed by atoms with Crippen LogP contribution in [0, 0.1) is 5.82 Å². The molecule has 2 heterocycles. The van der Waals surface area contributed by atoms with Gasteiger partial charge in [0.15, 0.2) is 6.61 Å². The van der Waals surface area contributed by atoms with Gasteiger partial charge in [-0.2, -0.15) is 0 Å². The van der Waals surface area contributed by atoms with Crippen molar-refractivity contribution < 1.29 is 13.9 Å². The van der Waals surface area contributed by atoms with Crippen molar-refractivity contribution in [1.29, 1.82) is 0 Å². The standard InChI is InChI=1S/C16H21ClFN3O2/c17-14-9-12(18)1-2-15(14)23-11-16(22)21-6-3-13(10-21)20-7-4-19-5-8-20/h1-2,9,13,19H,3-8,10-11H2. The number of likely N-dealkylation sites (tertiary alicyclic amines) is 1. The van der Waals surface area contributed by atoms with Gasteiger partial charge in [0.2, 0.25) is 0 Å². The Hall–Kier alpha value is -1.37. The monoisotopic (exact) mass is 341 g/mol. The molecule has 0 bridgehead atoms. The van der Waals surface area contributed by atoms with Crippen molar-refractivity contribution in [3.8, 4) is 5.75 Å². The van der Waals surface area contributed by atoms with Crippen LogP contribution < -0.4 is 10.1 Å². The largest absolute Gasteiger partial charge is 0.482 e. The first kappa shape index (κ1) is 16.5. The van der Waals surface area contributed by atoms with Crippen LogP contribution in [0.4, 0.5) is 4.39 Å². The fraction of sp³-hybridized carbons (Fsp3) is 0.562. The van der Waals surface area contributed by atoms with Gasteiger partial charge in [-0.15, -0.1) is 0 Å². The summed E-state index contributed by atoms with van der Waals surface area (Å²) in [5.74, 6) is -0.144. The number of benzene rings is 1. The maximum atomic E-state index is 13.0. The molecule has 0 aromatic heterocycles. The van der Waals surface area contributed by atoms with Crippen molar-refractivity contribution in [2.45, 2.75) is 12.5 Å². The third-order valence-electron chi connectivity index (χ3n) is 4.43. The fourth-order valence-corrected chi connectivity index (χ4v) is 3.36. The summed E-state index contributed by atoms with van der Waals surface area (Å²) in [7, 11) is 0. The van der Waals surface area contributed by atoms with Crippen LogP contribution in [0.25, 0.3) is 0 Å². The minimum absolute atomic E-state index is 0.0528. The van der Waals surface area contributed by atoms with Gasteiger partial charge in [0.05, 0.1) is 5.02 Å². The minimum Gasteiger partial charge on any atom is -0.482 e. The molecule has 2 aliphatic rings. The van der Waals surface area contributed by atoms with Crippen LogP contribution >= 0.6 is 11.6 Å². The molecule has 5 nitrogen and oxygen atoms in total. The number of nitrogens with one attached hydrogen (secondary N) is 1. The van der Waals surface area contributed by atoms with Gasteiger partial charge in [0.1, 0.15) is 11.6 Å². The lowest BCUT2D eigenvalue weighted by atomic mass is 10.2. The Morgan fingerprint density at radius 2 is 2.13 bits per heavy atom. The maximum Gasteiger partial charge on any atom is 0.260 e. The van der Waals surface area contributed by atoms with Crippen LogP contribution in [0.5, 0.6) is 5.75 Å². The Balaban J connectivity index is 1.49. The second-order valence-corrected chi connectivity index (χ2v) is 6.34. The highest BCUT2D eigenvalue weighted by molar-refractivity contribution is 6.32. The summed E-state index contributed by atoms with van der Waals surface area (Å²) in [6.07, 6.45) is 1.00. The van der Waals surface area contributed by atoms with E-state index in [9.17, 15) is 9.18 Å². The number of rotatable bonds is 4. The zero-order valence-electron chi connectivity index (χ0n) is 12.9. The van der Waals surface area contributed by atoms with Gasteiger partial charge < -0.3 is 15.0 Å². The van der Waals surface area contributed by atoms with Gasteiger partial charge in [-0.3, -0.25) is 9.69 Å². The SMILES string of the molecule is O=C(COc1ccc(F)cc1Cl)N1CCC(N2CCNCC2)C1. The summed E-state index contributed by atoms with van der Waals surface area (Å²) in [6.45, 7) is 5.53. The molecular formula is C16H21ClFN3O2. The first-order valence-corrected chi connectivity index (χ1v) is 8.31. The molecule has 1 aromatic rings. The van der Waals surface area contributed by atoms with E-state index in [4.69, 9.17) is 16.3 Å². The summed E-state index contributed by atoms with van der Waals surface area (Å²) < 4.78 is 18.4. The molecule has 1 amide bonds. The van der Waals surface area contributed by atoms with Gasteiger partial charge in [-0.25, -0.2) is 4.39 Å². The van der Waals surface area contributed by atoms with Gasteiger partial charge >= 0.3 is 0 Å². The van der Waals surface area contributed by atoms with Gasteiger partial charge in [0, 0.05) is 45.3 Å². The third-order valence-corrected chi connectivity index (χ3v) is 4.72. The number of nitrogens with zero attached hydrogens (tertiary/aromatic N) is 2. The molecule has 2 aliphatic heterocycles. The van der Waals surface area contributed by atoms with E-state index < -0.39 is 5.82 Å². The molecule has 0 spiro atoms.